The summed E-state index contributed by atoms with van der Waals surface area (Å²) in [5.41, 5.74) is 7.37. The first kappa shape index (κ1) is 12.5. The van der Waals surface area contributed by atoms with E-state index in [1.165, 1.54) is 0 Å². The van der Waals surface area contributed by atoms with E-state index in [9.17, 15) is 0 Å². The Balaban J connectivity index is 2.73. The minimum atomic E-state index is 0.0638. The minimum Gasteiger partial charge on any atom is -0.367 e. The van der Waals surface area contributed by atoms with Crippen molar-refractivity contribution in [2.75, 3.05) is 11.9 Å². The van der Waals surface area contributed by atoms with Crippen LogP contribution in [0.25, 0.3) is 0 Å². The number of hydrogen-bond donors (Lipinski definition) is 2. The summed E-state index contributed by atoms with van der Waals surface area (Å²) in [4.78, 5) is 4.29. The molecule has 1 atom stereocenters. The smallest absolute Gasteiger partial charge is 0.144 e. The molecule has 0 saturated heterocycles. The zero-order chi connectivity index (χ0) is 12.1. The highest BCUT2D eigenvalue weighted by molar-refractivity contribution is 5.52. The summed E-state index contributed by atoms with van der Waals surface area (Å²) in [6, 6.07) is 5.77. The molecule has 3 N–H and O–H groups in total. The number of anilines is 1. The highest BCUT2D eigenvalue weighted by atomic mass is 15.0. The largest absolute Gasteiger partial charge is 0.367 e. The van der Waals surface area contributed by atoms with Crippen LogP contribution in [0.1, 0.15) is 25.1 Å². The molecule has 0 aliphatic rings. The molecular weight excluding hydrogens is 200 g/mol. The van der Waals surface area contributed by atoms with Gasteiger partial charge in [-0.15, -0.1) is 0 Å². The second-order valence-corrected chi connectivity index (χ2v) is 4.25. The molecule has 4 heteroatoms. The lowest BCUT2D eigenvalue weighted by molar-refractivity contribution is 0.511. The van der Waals surface area contributed by atoms with Crippen LogP contribution in [-0.2, 0) is 0 Å². The Morgan fingerprint density at radius 3 is 2.75 bits per heavy atom. The van der Waals surface area contributed by atoms with Crippen LogP contribution in [0.2, 0.25) is 0 Å². The molecule has 1 rings (SSSR count). The number of aromatic nitrogens is 1. The molecule has 16 heavy (non-hydrogen) atoms. The van der Waals surface area contributed by atoms with E-state index in [2.05, 4.69) is 30.2 Å². The number of nitriles is 1. The van der Waals surface area contributed by atoms with E-state index in [1.54, 1.807) is 6.07 Å². The van der Waals surface area contributed by atoms with Gasteiger partial charge in [0.15, 0.2) is 0 Å². The number of nitrogens with zero attached hydrogens (tertiary/aromatic N) is 2. The van der Waals surface area contributed by atoms with Crippen LogP contribution in [0.3, 0.4) is 0 Å². The third-order valence-electron chi connectivity index (χ3n) is 2.52. The number of pyridine rings is 1. The second-order valence-electron chi connectivity index (χ2n) is 4.25. The Hall–Kier alpha value is -1.60. The molecule has 0 radical (unpaired) electrons. The molecule has 0 bridgehead atoms. The lowest BCUT2D eigenvalue weighted by Crippen LogP contribution is -2.34. The van der Waals surface area contributed by atoms with Crippen molar-refractivity contribution < 1.29 is 0 Å². The summed E-state index contributed by atoms with van der Waals surface area (Å²) in [6.45, 7) is 6.67. The van der Waals surface area contributed by atoms with E-state index < -0.39 is 0 Å². The minimum absolute atomic E-state index is 0.0638. The Bertz CT molecular complexity index is 392. The van der Waals surface area contributed by atoms with Crippen LogP contribution in [0.4, 0.5) is 5.82 Å². The van der Waals surface area contributed by atoms with Crippen LogP contribution in [-0.4, -0.2) is 17.6 Å². The number of nitrogens with one attached hydrogen (secondary N) is 1. The summed E-state index contributed by atoms with van der Waals surface area (Å²) in [5.74, 6) is 1.03. The Labute approximate surface area is 96.5 Å². The first-order chi connectivity index (χ1) is 7.54. The topological polar surface area (TPSA) is 74.7 Å². The molecule has 0 spiro atoms. The van der Waals surface area contributed by atoms with Gasteiger partial charge >= 0.3 is 0 Å². The van der Waals surface area contributed by atoms with Crippen molar-refractivity contribution >= 4 is 5.82 Å². The van der Waals surface area contributed by atoms with Gasteiger partial charge in [-0.25, -0.2) is 4.98 Å². The summed E-state index contributed by atoms with van der Waals surface area (Å²) in [7, 11) is 0. The van der Waals surface area contributed by atoms with Gasteiger partial charge in [0, 0.05) is 18.3 Å². The molecule has 1 aromatic heterocycles. The fourth-order valence-corrected chi connectivity index (χ4v) is 1.23. The highest BCUT2D eigenvalue weighted by Gasteiger charge is 2.09. The fraction of sp³-hybridized carbons (Fsp3) is 0.500. The van der Waals surface area contributed by atoms with Crippen LogP contribution in [0.5, 0.6) is 0 Å². The maximum atomic E-state index is 8.92. The second kappa shape index (κ2) is 5.47. The zero-order valence-corrected chi connectivity index (χ0v) is 9.99. The molecule has 0 aromatic carbocycles. The van der Waals surface area contributed by atoms with Crippen molar-refractivity contribution in [2.24, 2.45) is 11.7 Å². The summed E-state index contributed by atoms with van der Waals surface area (Å²) < 4.78 is 0. The lowest BCUT2D eigenvalue weighted by atomic mass is 10.1. The zero-order valence-electron chi connectivity index (χ0n) is 9.99. The monoisotopic (exact) mass is 218 g/mol. The maximum Gasteiger partial charge on any atom is 0.144 e. The third-order valence-corrected chi connectivity index (χ3v) is 2.52. The van der Waals surface area contributed by atoms with E-state index >= 15 is 0 Å². The molecule has 0 amide bonds. The van der Waals surface area contributed by atoms with Crippen molar-refractivity contribution in [3.05, 3.63) is 23.4 Å². The molecule has 0 aliphatic carbocycles. The number of aryl methyl sites for hydroxylation is 1. The van der Waals surface area contributed by atoms with Crippen molar-refractivity contribution in [1.82, 2.24) is 4.98 Å². The van der Waals surface area contributed by atoms with Crippen molar-refractivity contribution in [3.8, 4) is 6.07 Å². The number of rotatable bonds is 4. The summed E-state index contributed by atoms with van der Waals surface area (Å²) in [6.07, 6.45) is 0. The molecule has 0 fully saturated rings. The van der Waals surface area contributed by atoms with Gasteiger partial charge in [-0.3, -0.25) is 0 Å². The van der Waals surface area contributed by atoms with Crippen LogP contribution >= 0.6 is 0 Å². The van der Waals surface area contributed by atoms with Crippen molar-refractivity contribution in [1.29, 1.82) is 5.26 Å². The number of hydrogen-bond acceptors (Lipinski definition) is 4. The van der Waals surface area contributed by atoms with Crippen LogP contribution < -0.4 is 11.1 Å². The fourth-order valence-electron chi connectivity index (χ4n) is 1.23. The van der Waals surface area contributed by atoms with Crippen LogP contribution in [0, 0.1) is 24.2 Å². The van der Waals surface area contributed by atoms with Crippen molar-refractivity contribution in [3.63, 3.8) is 0 Å². The third kappa shape index (κ3) is 3.21. The Morgan fingerprint density at radius 2 is 2.19 bits per heavy atom. The Kier molecular flexibility index (Phi) is 4.27. The lowest BCUT2D eigenvalue weighted by Gasteiger charge is -2.17. The van der Waals surface area contributed by atoms with Crippen molar-refractivity contribution in [2.45, 2.75) is 26.8 Å². The molecule has 0 aliphatic heterocycles. The van der Waals surface area contributed by atoms with Gasteiger partial charge in [0.05, 0.1) is 5.56 Å². The first-order valence-electron chi connectivity index (χ1n) is 5.41. The Morgan fingerprint density at radius 1 is 1.50 bits per heavy atom. The molecule has 0 saturated carbocycles. The van der Waals surface area contributed by atoms with E-state index in [4.69, 9.17) is 11.0 Å². The summed E-state index contributed by atoms with van der Waals surface area (Å²) >= 11 is 0. The predicted octanol–water partition coefficient (Wildman–Crippen LogP) is 1.66. The molecule has 4 nitrogen and oxygen atoms in total. The van der Waals surface area contributed by atoms with E-state index in [-0.39, 0.29) is 6.04 Å². The SMILES string of the molecule is Cc1ccc(C#N)c(NCC(N)C(C)C)n1. The number of nitrogens with two attached hydrogens (primary N) is 1. The highest BCUT2D eigenvalue weighted by Crippen LogP contribution is 2.12. The summed E-state index contributed by atoms with van der Waals surface area (Å²) in [5, 5.41) is 12.0. The van der Waals surface area contributed by atoms with Gasteiger partial charge in [-0.1, -0.05) is 13.8 Å². The molecule has 1 heterocycles. The molecule has 86 valence electrons. The molecule has 1 unspecified atom stereocenters. The average molecular weight is 218 g/mol. The molecule has 1 aromatic rings. The van der Waals surface area contributed by atoms with E-state index in [0.717, 1.165) is 5.69 Å². The van der Waals surface area contributed by atoms with Gasteiger partial charge in [-0.05, 0) is 25.0 Å². The van der Waals surface area contributed by atoms with Gasteiger partial charge in [0.2, 0.25) is 0 Å². The van der Waals surface area contributed by atoms with Gasteiger partial charge < -0.3 is 11.1 Å². The van der Waals surface area contributed by atoms with E-state index in [1.807, 2.05) is 13.0 Å². The molecular formula is C12H18N4. The normalized spacial score (nSPS) is 12.2. The predicted molar refractivity (Wildman–Crippen MR) is 65.0 cm³/mol. The van der Waals surface area contributed by atoms with E-state index in [0.29, 0.717) is 23.8 Å². The first-order valence-corrected chi connectivity index (χ1v) is 5.41. The average Bonchev–Trinajstić information content (AvgIpc) is 2.25. The maximum absolute atomic E-state index is 8.92. The quantitative estimate of drug-likeness (QED) is 0.806. The van der Waals surface area contributed by atoms with Gasteiger partial charge in [0.25, 0.3) is 0 Å². The standard InChI is InChI=1S/C12H18N4/c1-8(2)11(14)7-15-12-10(6-13)5-4-9(3)16-12/h4-5,8,11H,7,14H2,1-3H3,(H,15,16). The van der Waals surface area contributed by atoms with Crippen LogP contribution in [0.15, 0.2) is 12.1 Å². The van der Waals surface area contributed by atoms with Gasteiger partial charge in [-0.2, -0.15) is 5.26 Å². The van der Waals surface area contributed by atoms with Gasteiger partial charge in [0.1, 0.15) is 11.9 Å².